The van der Waals surface area contributed by atoms with Crippen LogP contribution in [0.2, 0.25) is 0 Å². The molecule has 0 fully saturated rings. The van der Waals surface area contributed by atoms with E-state index in [1.807, 2.05) is 0 Å². The van der Waals surface area contributed by atoms with Crippen LogP contribution < -0.4 is 0 Å². The number of hydrogen-bond donors (Lipinski definition) is 0. The van der Waals surface area contributed by atoms with E-state index in [0.717, 1.165) is 0 Å². The van der Waals surface area contributed by atoms with Gasteiger partial charge in [-0.15, -0.1) is 0 Å². The Balaban J connectivity index is 1.99. The van der Waals surface area contributed by atoms with Crippen molar-refractivity contribution in [2.75, 3.05) is 13.5 Å². The first-order valence-electron chi connectivity index (χ1n) is 3.52. The maximum atomic E-state index is 11.4. The highest BCUT2D eigenvalue weighted by molar-refractivity contribution is 5.76. The molecule has 0 radical (unpaired) electrons. The largest absolute Gasteiger partial charge is 0.479 e. The Morgan fingerprint density at radius 3 is 1.92 bits per heavy atom. The molecule has 0 saturated carbocycles. The number of rotatable bonds is 0. The lowest BCUT2D eigenvalue weighted by Gasteiger charge is -2.17. The van der Waals surface area contributed by atoms with E-state index in [1.165, 1.54) is 22.3 Å². The molecule has 0 aromatic rings. The maximum Gasteiger partial charge on any atom is 0.333 e. The Morgan fingerprint density at radius 2 is 1.58 bits per heavy atom. The van der Waals surface area contributed by atoms with Gasteiger partial charge in [0.1, 0.15) is 12.5 Å². The summed E-state index contributed by atoms with van der Waals surface area (Å²) in [4.78, 5) is 14.4. The van der Waals surface area contributed by atoms with Gasteiger partial charge in [0.25, 0.3) is 0 Å². The summed E-state index contributed by atoms with van der Waals surface area (Å²) in [6.07, 6.45) is 6.15. The molecule has 0 N–H and O–H groups in total. The molecule has 0 aromatic carbocycles. The second-order valence-electron chi connectivity index (χ2n) is 2.38. The summed E-state index contributed by atoms with van der Waals surface area (Å²) >= 11 is 0. The monoisotopic (exact) mass is 168 g/mol. The number of hydrogen-bond acceptors (Lipinski definition) is 3. The maximum absolute atomic E-state index is 11.4. The third kappa shape index (κ3) is 1.09. The lowest BCUT2D eigenvalue weighted by atomic mass is 10.7. The molecule has 0 atom stereocenters. The quantitative estimate of drug-likeness (QED) is 0.532. The molecule has 0 unspecified atom stereocenters. The van der Waals surface area contributed by atoms with Crippen molar-refractivity contribution in [3.8, 4) is 0 Å². The Labute approximate surface area is 69.4 Å². The lowest BCUT2D eigenvalue weighted by molar-refractivity contribution is 0.123. The van der Waals surface area contributed by atoms with Crippen LogP contribution in [-0.2, 0) is 9.47 Å². The predicted molar refractivity (Wildman–Crippen MR) is 39.3 cm³/mol. The van der Waals surface area contributed by atoms with E-state index >= 15 is 0 Å². The number of ether oxygens (including phenoxy) is 2. The van der Waals surface area contributed by atoms with Crippen molar-refractivity contribution in [1.82, 2.24) is 9.80 Å². The van der Waals surface area contributed by atoms with Gasteiger partial charge in [-0.2, -0.15) is 0 Å². The molecule has 12 heavy (non-hydrogen) atoms. The highest BCUT2D eigenvalue weighted by Crippen LogP contribution is 2.09. The smallest absolute Gasteiger partial charge is 0.333 e. The van der Waals surface area contributed by atoms with Crippen LogP contribution in [0.25, 0.3) is 0 Å². The lowest BCUT2D eigenvalue weighted by Crippen LogP contribution is -2.35. The van der Waals surface area contributed by atoms with Gasteiger partial charge < -0.3 is 9.47 Å². The molecule has 0 bridgehead atoms. The van der Waals surface area contributed by atoms with Crippen LogP contribution in [0.4, 0.5) is 4.79 Å². The van der Waals surface area contributed by atoms with E-state index in [1.54, 1.807) is 12.4 Å². The van der Waals surface area contributed by atoms with Gasteiger partial charge >= 0.3 is 6.03 Å². The normalized spacial score (nSPS) is 19.7. The molecular formula is C7H8N2O3. The van der Waals surface area contributed by atoms with Crippen molar-refractivity contribution in [3.63, 3.8) is 0 Å². The zero-order chi connectivity index (χ0) is 8.39. The van der Waals surface area contributed by atoms with Gasteiger partial charge in [0.05, 0.1) is 0 Å². The second kappa shape index (κ2) is 2.77. The zero-order valence-electron chi connectivity index (χ0n) is 6.34. The molecule has 0 saturated heterocycles. The molecule has 2 aliphatic heterocycles. The Morgan fingerprint density at radius 1 is 1.08 bits per heavy atom. The van der Waals surface area contributed by atoms with Gasteiger partial charge in [-0.1, -0.05) is 0 Å². The molecule has 2 heterocycles. The van der Waals surface area contributed by atoms with Crippen molar-refractivity contribution in [3.05, 3.63) is 24.9 Å². The van der Waals surface area contributed by atoms with Crippen molar-refractivity contribution in [2.45, 2.75) is 0 Å². The molecule has 0 aromatic heterocycles. The standard InChI is InChI=1S/C7H8N2O3/c10-7(8-1-3-11-5-8)9-2-4-12-6-9/h1-4H,5-6H2. The van der Waals surface area contributed by atoms with Crippen molar-refractivity contribution in [1.29, 1.82) is 0 Å². The van der Waals surface area contributed by atoms with Gasteiger partial charge in [-0.25, -0.2) is 4.79 Å². The third-order valence-electron chi connectivity index (χ3n) is 1.59. The Hall–Kier alpha value is -1.65. The van der Waals surface area contributed by atoms with Crippen molar-refractivity contribution >= 4 is 6.03 Å². The number of amides is 2. The van der Waals surface area contributed by atoms with E-state index in [-0.39, 0.29) is 19.5 Å². The van der Waals surface area contributed by atoms with Crippen LogP contribution in [0.1, 0.15) is 0 Å². The van der Waals surface area contributed by atoms with Crippen LogP contribution in [0.5, 0.6) is 0 Å². The number of urea groups is 1. The van der Waals surface area contributed by atoms with Gasteiger partial charge in [0.15, 0.2) is 13.5 Å². The highest BCUT2D eigenvalue weighted by Gasteiger charge is 2.22. The van der Waals surface area contributed by atoms with Crippen LogP contribution in [0, 0.1) is 0 Å². The minimum atomic E-state index is -0.141. The average molecular weight is 168 g/mol. The molecule has 64 valence electrons. The second-order valence-corrected chi connectivity index (χ2v) is 2.38. The summed E-state index contributed by atoms with van der Waals surface area (Å²) < 4.78 is 9.74. The molecule has 5 nitrogen and oxygen atoms in total. The Bertz CT molecular complexity index is 225. The fourth-order valence-corrected chi connectivity index (χ4v) is 0.969. The fraction of sp³-hybridized carbons (Fsp3) is 0.286. The van der Waals surface area contributed by atoms with Gasteiger partial charge in [0.2, 0.25) is 0 Å². The van der Waals surface area contributed by atoms with Gasteiger partial charge in [-0.3, -0.25) is 9.80 Å². The van der Waals surface area contributed by atoms with Gasteiger partial charge in [-0.05, 0) is 0 Å². The van der Waals surface area contributed by atoms with E-state index in [2.05, 4.69) is 0 Å². The van der Waals surface area contributed by atoms with E-state index < -0.39 is 0 Å². The van der Waals surface area contributed by atoms with Crippen LogP contribution >= 0.6 is 0 Å². The molecule has 2 amide bonds. The van der Waals surface area contributed by atoms with E-state index in [4.69, 9.17) is 9.47 Å². The van der Waals surface area contributed by atoms with Gasteiger partial charge in [0, 0.05) is 12.4 Å². The summed E-state index contributed by atoms with van der Waals surface area (Å²) in [5.74, 6) is 0. The average Bonchev–Trinajstić information content (AvgIpc) is 2.77. The highest BCUT2D eigenvalue weighted by atomic mass is 16.5. The predicted octanol–water partition coefficient (Wildman–Crippen LogP) is 0.628. The SMILES string of the molecule is O=C(N1C=COC1)N1C=COC1. The molecule has 2 aliphatic rings. The van der Waals surface area contributed by atoms with Crippen LogP contribution in [-0.4, -0.2) is 29.3 Å². The summed E-state index contributed by atoms with van der Waals surface area (Å²) in [6, 6.07) is -0.141. The minimum Gasteiger partial charge on any atom is -0.479 e. The molecule has 2 rings (SSSR count). The first kappa shape index (κ1) is 7.02. The summed E-state index contributed by atoms with van der Waals surface area (Å²) in [7, 11) is 0. The number of carbonyl (C=O) groups is 1. The van der Waals surface area contributed by atoms with Crippen molar-refractivity contribution < 1.29 is 14.3 Å². The summed E-state index contributed by atoms with van der Waals surface area (Å²) in [6.45, 7) is 0.562. The number of nitrogens with zero attached hydrogens (tertiary/aromatic N) is 2. The molecule has 0 spiro atoms. The summed E-state index contributed by atoms with van der Waals surface area (Å²) in [5, 5.41) is 0. The topological polar surface area (TPSA) is 42.0 Å². The van der Waals surface area contributed by atoms with E-state index in [0.29, 0.717) is 0 Å². The van der Waals surface area contributed by atoms with Crippen molar-refractivity contribution in [2.24, 2.45) is 0 Å². The minimum absolute atomic E-state index is 0.141. The molecular weight excluding hydrogens is 160 g/mol. The Kier molecular flexibility index (Phi) is 1.62. The third-order valence-corrected chi connectivity index (χ3v) is 1.59. The van der Waals surface area contributed by atoms with Crippen LogP contribution in [0.3, 0.4) is 0 Å². The first-order chi connectivity index (χ1) is 5.88. The molecule has 5 heteroatoms. The molecule has 0 aliphatic carbocycles. The first-order valence-corrected chi connectivity index (χ1v) is 3.52. The summed E-state index contributed by atoms with van der Waals surface area (Å²) in [5.41, 5.74) is 0. The van der Waals surface area contributed by atoms with Crippen LogP contribution in [0.15, 0.2) is 24.9 Å². The fourth-order valence-electron chi connectivity index (χ4n) is 0.969. The zero-order valence-corrected chi connectivity index (χ0v) is 6.34. The van der Waals surface area contributed by atoms with E-state index in [9.17, 15) is 4.79 Å². The number of carbonyl (C=O) groups excluding carboxylic acids is 1.